The summed E-state index contributed by atoms with van der Waals surface area (Å²) in [5, 5.41) is 3.38. The van der Waals surface area contributed by atoms with Gasteiger partial charge in [0.2, 0.25) is 5.91 Å². The van der Waals surface area contributed by atoms with Crippen LogP contribution >= 0.6 is 11.3 Å². The summed E-state index contributed by atoms with van der Waals surface area (Å²) in [5.74, 6) is 1.15. The van der Waals surface area contributed by atoms with Crippen molar-refractivity contribution in [2.45, 2.75) is 47.0 Å². The van der Waals surface area contributed by atoms with Crippen LogP contribution in [0.5, 0.6) is 0 Å². The summed E-state index contributed by atoms with van der Waals surface area (Å²) >= 11 is 1.47. The van der Waals surface area contributed by atoms with Crippen LogP contribution in [0.4, 0.5) is 5.00 Å². The number of aryl methyl sites for hydroxylation is 1. The number of amides is 2. The molecule has 0 fully saturated rings. The largest absolute Gasteiger partial charge is 0.462 e. The van der Waals surface area contributed by atoms with E-state index in [1.165, 1.54) is 17.4 Å². The molecule has 0 bridgehead atoms. The van der Waals surface area contributed by atoms with Crippen LogP contribution in [-0.4, -0.2) is 11.8 Å². The van der Waals surface area contributed by atoms with Crippen molar-refractivity contribution >= 4 is 34.2 Å². The zero-order valence-electron chi connectivity index (χ0n) is 16.2. The fourth-order valence-corrected chi connectivity index (χ4v) is 4.86. The van der Waals surface area contributed by atoms with E-state index in [4.69, 9.17) is 10.2 Å². The Labute approximate surface area is 163 Å². The highest BCUT2D eigenvalue weighted by Crippen LogP contribution is 2.44. The molecular weight excluding hydrogens is 360 g/mol. The molecule has 0 aliphatic heterocycles. The van der Waals surface area contributed by atoms with Crippen LogP contribution in [-0.2, 0) is 17.6 Å². The van der Waals surface area contributed by atoms with Gasteiger partial charge in [-0.1, -0.05) is 20.8 Å². The third-order valence-electron chi connectivity index (χ3n) is 5.13. The molecule has 0 aromatic carbocycles. The summed E-state index contributed by atoms with van der Waals surface area (Å²) in [4.78, 5) is 25.5. The van der Waals surface area contributed by atoms with Gasteiger partial charge in [-0.2, -0.15) is 0 Å². The summed E-state index contributed by atoms with van der Waals surface area (Å²) in [6.45, 7) is 8.58. The molecule has 2 heterocycles. The van der Waals surface area contributed by atoms with Gasteiger partial charge in [0, 0.05) is 11.0 Å². The Morgan fingerprint density at radius 1 is 1.33 bits per heavy atom. The van der Waals surface area contributed by atoms with E-state index in [-0.39, 0.29) is 11.3 Å². The van der Waals surface area contributed by atoms with Crippen LogP contribution in [0.1, 0.15) is 59.5 Å². The van der Waals surface area contributed by atoms with Crippen LogP contribution in [0.15, 0.2) is 22.6 Å². The lowest BCUT2D eigenvalue weighted by Crippen LogP contribution is -2.27. The zero-order chi connectivity index (χ0) is 19.8. The first-order valence-electron chi connectivity index (χ1n) is 9.15. The lowest BCUT2D eigenvalue weighted by molar-refractivity contribution is -0.111. The number of carbonyl (C=O) groups excluding carboxylic acids is 2. The van der Waals surface area contributed by atoms with Gasteiger partial charge in [-0.3, -0.25) is 9.59 Å². The fraction of sp³-hybridized carbons (Fsp3) is 0.429. The Balaban J connectivity index is 1.81. The van der Waals surface area contributed by atoms with Gasteiger partial charge in [-0.05, 0) is 61.3 Å². The molecule has 6 heteroatoms. The molecule has 1 unspecified atom stereocenters. The number of fused-ring (bicyclic) bond motifs is 1. The average molecular weight is 387 g/mol. The third kappa shape index (κ3) is 4.33. The van der Waals surface area contributed by atoms with Gasteiger partial charge in [0.15, 0.2) is 0 Å². The van der Waals surface area contributed by atoms with Gasteiger partial charge in [-0.25, -0.2) is 0 Å². The Morgan fingerprint density at radius 3 is 2.67 bits per heavy atom. The Morgan fingerprint density at radius 2 is 2.07 bits per heavy atom. The SMILES string of the molecule is Cc1ccc(C=CC(=O)Nc2sc3c(c2C(N)=O)CCC(C(C)(C)C)C3)o1. The van der Waals surface area contributed by atoms with Crippen molar-refractivity contribution in [3.8, 4) is 0 Å². The van der Waals surface area contributed by atoms with Crippen molar-refractivity contribution in [2.75, 3.05) is 5.32 Å². The molecule has 1 atom stereocenters. The van der Waals surface area contributed by atoms with Crippen molar-refractivity contribution in [1.29, 1.82) is 0 Å². The number of nitrogens with one attached hydrogen (secondary N) is 1. The Hall–Kier alpha value is -2.34. The highest BCUT2D eigenvalue weighted by molar-refractivity contribution is 7.17. The minimum Gasteiger partial charge on any atom is -0.462 e. The van der Waals surface area contributed by atoms with Crippen LogP contribution in [0, 0.1) is 18.3 Å². The van der Waals surface area contributed by atoms with E-state index in [0.29, 0.717) is 22.2 Å². The first-order valence-corrected chi connectivity index (χ1v) is 9.96. The predicted octanol–water partition coefficient (Wildman–Crippen LogP) is 4.55. The number of hydrogen-bond acceptors (Lipinski definition) is 4. The van der Waals surface area contributed by atoms with E-state index < -0.39 is 5.91 Å². The highest BCUT2D eigenvalue weighted by atomic mass is 32.1. The fourth-order valence-electron chi connectivity index (χ4n) is 3.53. The van der Waals surface area contributed by atoms with Crippen molar-refractivity contribution in [1.82, 2.24) is 0 Å². The Kier molecular flexibility index (Phi) is 5.29. The summed E-state index contributed by atoms with van der Waals surface area (Å²) in [6.07, 6.45) is 5.78. The number of nitrogens with two attached hydrogens (primary N) is 1. The van der Waals surface area contributed by atoms with E-state index in [9.17, 15) is 9.59 Å². The van der Waals surface area contributed by atoms with E-state index in [1.807, 2.05) is 13.0 Å². The molecule has 0 saturated heterocycles. The molecular formula is C21H26N2O3S. The highest BCUT2D eigenvalue weighted by Gasteiger charge is 2.33. The zero-order valence-corrected chi connectivity index (χ0v) is 17.0. The second-order valence-corrected chi connectivity index (χ2v) is 9.25. The van der Waals surface area contributed by atoms with Gasteiger partial charge in [-0.15, -0.1) is 11.3 Å². The molecule has 3 N–H and O–H groups in total. The van der Waals surface area contributed by atoms with Gasteiger partial charge < -0.3 is 15.5 Å². The number of furan rings is 1. The van der Waals surface area contributed by atoms with Crippen LogP contribution < -0.4 is 11.1 Å². The molecule has 2 amide bonds. The lowest BCUT2D eigenvalue weighted by Gasteiger charge is -2.33. The molecule has 144 valence electrons. The normalized spacial score (nSPS) is 17.1. The number of thiophene rings is 1. The molecule has 2 aromatic rings. The molecule has 1 aliphatic rings. The molecule has 1 aliphatic carbocycles. The third-order valence-corrected chi connectivity index (χ3v) is 6.30. The second kappa shape index (κ2) is 7.35. The van der Waals surface area contributed by atoms with Crippen LogP contribution in [0.25, 0.3) is 6.08 Å². The number of primary amides is 1. The number of carbonyl (C=O) groups is 2. The van der Waals surface area contributed by atoms with E-state index >= 15 is 0 Å². The standard InChI is InChI=1S/C21H26N2O3S/c1-12-5-7-14(26-12)8-10-17(24)23-20-18(19(22)25)15-9-6-13(21(2,3)4)11-16(15)27-20/h5,7-8,10,13H,6,9,11H2,1-4H3,(H2,22,25)(H,23,24). The number of hydrogen-bond donors (Lipinski definition) is 2. The van der Waals surface area contributed by atoms with Gasteiger partial charge in [0.25, 0.3) is 5.91 Å². The summed E-state index contributed by atoms with van der Waals surface area (Å²) in [5.41, 5.74) is 7.32. The average Bonchev–Trinajstić information content (AvgIpc) is 3.14. The van der Waals surface area contributed by atoms with Crippen LogP contribution in [0.3, 0.4) is 0 Å². The van der Waals surface area contributed by atoms with E-state index in [1.54, 1.807) is 12.1 Å². The van der Waals surface area contributed by atoms with Crippen LogP contribution in [0.2, 0.25) is 0 Å². The molecule has 0 saturated carbocycles. The maximum atomic E-state index is 12.3. The quantitative estimate of drug-likeness (QED) is 0.756. The lowest BCUT2D eigenvalue weighted by atomic mass is 9.72. The topological polar surface area (TPSA) is 85.3 Å². The van der Waals surface area contributed by atoms with Crippen molar-refractivity contribution < 1.29 is 14.0 Å². The maximum Gasteiger partial charge on any atom is 0.251 e. The summed E-state index contributed by atoms with van der Waals surface area (Å²) < 4.78 is 5.42. The van der Waals surface area contributed by atoms with E-state index in [0.717, 1.165) is 35.5 Å². The predicted molar refractivity (Wildman–Crippen MR) is 109 cm³/mol. The first-order chi connectivity index (χ1) is 12.6. The summed E-state index contributed by atoms with van der Waals surface area (Å²) in [6, 6.07) is 3.63. The van der Waals surface area contributed by atoms with Crippen molar-refractivity contribution in [2.24, 2.45) is 17.1 Å². The van der Waals surface area contributed by atoms with Gasteiger partial charge >= 0.3 is 0 Å². The Bertz CT molecular complexity index is 899. The molecule has 5 nitrogen and oxygen atoms in total. The van der Waals surface area contributed by atoms with Gasteiger partial charge in [0.1, 0.15) is 16.5 Å². The first kappa shape index (κ1) is 19.4. The van der Waals surface area contributed by atoms with Gasteiger partial charge in [0.05, 0.1) is 5.56 Å². The summed E-state index contributed by atoms with van der Waals surface area (Å²) in [7, 11) is 0. The minimum atomic E-state index is -0.484. The molecule has 2 aromatic heterocycles. The van der Waals surface area contributed by atoms with Crippen molar-refractivity contribution in [3.05, 3.63) is 45.7 Å². The van der Waals surface area contributed by atoms with Crippen molar-refractivity contribution in [3.63, 3.8) is 0 Å². The number of anilines is 1. The molecule has 27 heavy (non-hydrogen) atoms. The monoisotopic (exact) mass is 386 g/mol. The smallest absolute Gasteiger partial charge is 0.251 e. The molecule has 0 spiro atoms. The minimum absolute atomic E-state index is 0.210. The van der Waals surface area contributed by atoms with E-state index in [2.05, 4.69) is 26.1 Å². The molecule has 0 radical (unpaired) electrons. The second-order valence-electron chi connectivity index (χ2n) is 8.15. The number of rotatable bonds is 4. The molecule has 3 rings (SSSR count). The maximum absolute atomic E-state index is 12.3.